The van der Waals surface area contributed by atoms with Crippen LogP contribution in [0.1, 0.15) is 25.0 Å². The number of benzene rings is 19. The Balaban J connectivity index is 0.000000114. The summed E-state index contributed by atoms with van der Waals surface area (Å²) in [7, 11) is 0. The van der Waals surface area contributed by atoms with Gasteiger partial charge in [-0.15, -0.1) is 0 Å². The van der Waals surface area contributed by atoms with Gasteiger partial charge in [0.15, 0.2) is 0 Å². The molecule has 0 saturated carbocycles. The van der Waals surface area contributed by atoms with Crippen LogP contribution in [-0.2, 0) is 5.41 Å². The summed E-state index contributed by atoms with van der Waals surface area (Å²) < 4.78 is 7.08. The maximum atomic E-state index is 4.80. The summed E-state index contributed by atoms with van der Waals surface area (Å²) in [5.74, 6) is 0.892. The number of hydrogen-bond acceptors (Lipinski definition) is 4. The molecule has 612 valence electrons. The number of nitrogens with zero attached hydrogens (tertiary/aromatic N) is 7. The fourth-order valence-corrected chi connectivity index (χ4v) is 19.2. The van der Waals surface area contributed by atoms with Crippen molar-refractivity contribution in [2.24, 2.45) is 0 Å². The van der Waals surface area contributed by atoms with E-state index in [1.165, 1.54) is 144 Å². The maximum absolute atomic E-state index is 4.80. The van der Waals surface area contributed by atoms with Crippen molar-refractivity contribution in [2.75, 3.05) is 14.7 Å². The molecule has 0 N–H and O–H groups in total. The molecule has 0 atom stereocenters. The molecule has 0 spiro atoms. The minimum Gasteiger partial charge on any atom is -0.311 e. The molecule has 0 saturated heterocycles. The molecule has 0 unspecified atom stereocenters. The average Bonchev–Trinajstić information content (AvgIpc) is 1.60. The van der Waals surface area contributed by atoms with Gasteiger partial charge in [-0.25, -0.2) is 4.98 Å². The van der Waals surface area contributed by atoms with Crippen molar-refractivity contribution in [3.63, 3.8) is 0 Å². The number of anilines is 9. The van der Waals surface area contributed by atoms with Gasteiger partial charge in [0.2, 0.25) is 0 Å². The predicted octanol–water partition coefficient (Wildman–Crippen LogP) is 33.1. The van der Waals surface area contributed by atoms with Crippen LogP contribution in [0.3, 0.4) is 0 Å². The Morgan fingerprint density at radius 3 is 0.868 bits per heavy atom. The van der Waals surface area contributed by atoms with Gasteiger partial charge in [0.25, 0.3) is 0 Å². The highest BCUT2D eigenvalue weighted by atomic mass is 15.2. The molecule has 0 radical (unpaired) electrons. The first-order valence-electron chi connectivity index (χ1n) is 44.2. The number of rotatable bonds is 16. The fraction of sp³-hybridized carbons (Fsp3) is 0.0246. The van der Waals surface area contributed by atoms with Crippen molar-refractivity contribution < 1.29 is 0 Å². The first-order valence-corrected chi connectivity index (χ1v) is 44.2. The highest BCUT2D eigenvalue weighted by Crippen LogP contribution is 2.51. The number of hydrogen-bond donors (Lipinski definition) is 0. The van der Waals surface area contributed by atoms with E-state index in [2.05, 4.69) is 534 Å². The molecule has 0 fully saturated rings. The second-order valence-electron chi connectivity index (χ2n) is 33.4. The first kappa shape index (κ1) is 78.1. The molecule has 0 bridgehead atoms. The van der Waals surface area contributed by atoms with Crippen LogP contribution in [0.25, 0.3) is 138 Å². The lowest BCUT2D eigenvalue weighted by molar-refractivity contribution is 0.660. The van der Waals surface area contributed by atoms with Gasteiger partial charge < -0.3 is 23.5 Å². The third-order valence-corrected chi connectivity index (χ3v) is 25.5. The second-order valence-corrected chi connectivity index (χ2v) is 33.4. The Hall–Kier alpha value is -16.9. The summed E-state index contributed by atoms with van der Waals surface area (Å²) in [4.78, 5) is 11.7. The topological polar surface area (TPSA) is 37.4 Å². The fourth-order valence-electron chi connectivity index (χ4n) is 19.2. The van der Waals surface area contributed by atoms with E-state index in [1.807, 2.05) is 12.3 Å². The molecule has 24 rings (SSSR count). The zero-order chi connectivity index (χ0) is 86.1. The van der Waals surface area contributed by atoms with Crippen molar-refractivity contribution in [3.8, 4) is 72.7 Å². The average molecular weight is 1650 g/mol. The molecule has 1 aliphatic carbocycles. The van der Waals surface area contributed by atoms with Crippen molar-refractivity contribution in [1.29, 1.82) is 0 Å². The third kappa shape index (κ3) is 14.8. The standard InChI is InChI=1S/C44H33N3.C42H30N2.C36H26N2/c1-44(2)39-16-8-6-14-35(39)36-25-24-34(29-40(36)44)46(43-18-10-11-27-45-43)33-22-19-30(20-23-33)31-21-26-42-38(28-31)37-15-7-9-17-41(37)47(42)32-12-4-3-5-13-32;1-3-11-31(12-4-1)32-19-25-36(26-20-32)43(35-13-5-2-6-14-35)37-27-21-33(22-28-37)34-23-29-38(30-24-34)44-41-17-9-7-15-39(41)40-16-8-10-18-42(40)44;1-3-11-29(12-4-1)37(30-13-5-2-6-14-30)31-23-19-27(20-24-31)28-21-25-32(26-22-28)38-35-17-9-7-15-33(35)34-16-8-10-18-36(34)38/h3-29H,1-2H3;1-30H;1-26H. The smallest absolute Gasteiger partial charge is 0.137 e. The molecular formula is C122H89N7. The predicted molar refractivity (Wildman–Crippen MR) is 543 cm³/mol. The van der Waals surface area contributed by atoms with E-state index < -0.39 is 0 Å². The molecule has 0 aliphatic heterocycles. The SMILES string of the molecule is CC1(C)c2ccccc2-c2ccc(N(c3ccc(-c4ccc5c(c4)c4ccccc4n5-c4ccccc4)cc3)c3ccccn3)cc21.c1ccc(-c2ccc(N(c3ccccc3)c3ccc(-c4ccc(-n5c6ccccc6c6ccccc65)cc4)cc3)cc2)cc1.c1ccc(N(c2ccccc2)c2ccc(-c3ccc(-n4c5ccccc5c5ccccc54)cc3)cc2)cc1. The first-order chi connectivity index (χ1) is 63.8. The summed E-state index contributed by atoms with van der Waals surface area (Å²) >= 11 is 0. The zero-order valence-corrected chi connectivity index (χ0v) is 71.6. The molecular weight excluding hydrogens is 1560 g/mol. The van der Waals surface area contributed by atoms with Crippen LogP contribution in [0.4, 0.5) is 51.3 Å². The van der Waals surface area contributed by atoms with Crippen LogP contribution in [0, 0.1) is 0 Å². The minimum atomic E-state index is -0.0795. The van der Waals surface area contributed by atoms with Crippen molar-refractivity contribution >= 4 is 117 Å². The highest BCUT2D eigenvalue weighted by Gasteiger charge is 2.36. The quantitative estimate of drug-likeness (QED) is 0.0966. The third-order valence-electron chi connectivity index (χ3n) is 25.5. The van der Waals surface area contributed by atoms with E-state index in [1.54, 1.807) is 0 Å². The lowest BCUT2D eigenvalue weighted by atomic mass is 9.82. The summed E-state index contributed by atoms with van der Waals surface area (Å²) in [6.45, 7) is 4.66. The number of fused-ring (bicyclic) bond motifs is 12. The Morgan fingerprint density at radius 1 is 0.186 bits per heavy atom. The van der Waals surface area contributed by atoms with Gasteiger partial charge in [0, 0.05) is 106 Å². The summed E-state index contributed by atoms with van der Waals surface area (Å²) in [6.07, 6.45) is 1.87. The van der Waals surface area contributed by atoms with Gasteiger partial charge >= 0.3 is 0 Å². The Kier molecular flexibility index (Phi) is 20.6. The Bertz CT molecular complexity index is 7780. The second kappa shape index (κ2) is 34.0. The number of para-hydroxylation sites is 9. The van der Waals surface area contributed by atoms with E-state index >= 15 is 0 Å². The lowest BCUT2D eigenvalue weighted by Gasteiger charge is -2.27. The van der Waals surface area contributed by atoms with E-state index in [9.17, 15) is 0 Å². The summed E-state index contributed by atoms with van der Waals surface area (Å²) in [5.41, 5.74) is 34.7. The maximum Gasteiger partial charge on any atom is 0.137 e. The molecule has 129 heavy (non-hydrogen) atoms. The van der Waals surface area contributed by atoms with E-state index in [0.717, 1.165) is 57.0 Å². The van der Waals surface area contributed by atoms with Crippen molar-refractivity contribution in [1.82, 2.24) is 18.7 Å². The van der Waals surface area contributed by atoms with Gasteiger partial charge in [-0.1, -0.05) is 323 Å². The molecule has 4 heterocycles. The molecule has 0 amide bonds. The summed E-state index contributed by atoms with van der Waals surface area (Å²) in [5, 5.41) is 7.63. The Morgan fingerprint density at radius 2 is 0.465 bits per heavy atom. The highest BCUT2D eigenvalue weighted by molar-refractivity contribution is 6.12. The molecule has 7 heteroatoms. The van der Waals surface area contributed by atoms with Crippen LogP contribution in [-0.4, -0.2) is 18.7 Å². The minimum absolute atomic E-state index is 0.0795. The molecule has 7 nitrogen and oxygen atoms in total. The zero-order valence-electron chi connectivity index (χ0n) is 71.6. The van der Waals surface area contributed by atoms with Crippen LogP contribution >= 0.6 is 0 Å². The Labute approximate surface area is 751 Å². The molecule has 19 aromatic carbocycles. The largest absolute Gasteiger partial charge is 0.311 e. The van der Waals surface area contributed by atoms with Crippen LogP contribution < -0.4 is 14.7 Å². The van der Waals surface area contributed by atoms with Crippen LogP contribution in [0.5, 0.6) is 0 Å². The van der Waals surface area contributed by atoms with Crippen LogP contribution in [0.15, 0.2) is 504 Å². The van der Waals surface area contributed by atoms with Gasteiger partial charge in [-0.2, -0.15) is 0 Å². The normalized spacial score (nSPS) is 11.9. The van der Waals surface area contributed by atoms with Crippen molar-refractivity contribution in [2.45, 2.75) is 19.3 Å². The van der Waals surface area contributed by atoms with Gasteiger partial charge in [0.05, 0.1) is 33.1 Å². The van der Waals surface area contributed by atoms with Crippen LogP contribution in [0.2, 0.25) is 0 Å². The molecule has 1 aliphatic rings. The number of pyridine rings is 1. The number of aromatic nitrogens is 4. The lowest BCUT2D eigenvalue weighted by Crippen LogP contribution is -2.16. The van der Waals surface area contributed by atoms with Gasteiger partial charge in [-0.3, -0.25) is 4.90 Å². The van der Waals surface area contributed by atoms with Crippen molar-refractivity contribution in [3.05, 3.63) is 515 Å². The van der Waals surface area contributed by atoms with Gasteiger partial charge in [0.1, 0.15) is 5.82 Å². The summed E-state index contributed by atoms with van der Waals surface area (Å²) in [6, 6.07) is 178. The van der Waals surface area contributed by atoms with E-state index in [-0.39, 0.29) is 5.41 Å². The molecule has 4 aromatic heterocycles. The molecule has 23 aromatic rings. The van der Waals surface area contributed by atoms with E-state index in [0.29, 0.717) is 0 Å². The monoisotopic (exact) mass is 1650 g/mol. The van der Waals surface area contributed by atoms with Gasteiger partial charge in [-0.05, 0) is 255 Å². The van der Waals surface area contributed by atoms with E-state index in [4.69, 9.17) is 4.98 Å².